The van der Waals surface area contributed by atoms with Crippen LogP contribution < -0.4 is 10.6 Å². The third-order valence-electron chi connectivity index (χ3n) is 3.82. The number of carbonyl (C=O) groups excluding carboxylic acids is 1. The third-order valence-corrected chi connectivity index (χ3v) is 3.82. The summed E-state index contributed by atoms with van der Waals surface area (Å²) in [5.74, 6) is 0.403. The highest BCUT2D eigenvalue weighted by Gasteiger charge is 2.12. The number of H-pyrrole nitrogens is 1. The molecule has 0 aliphatic carbocycles. The van der Waals surface area contributed by atoms with Gasteiger partial charge in [-0.1, -0.05) is 6.07 Å². The minimum absolute atomic E-state index is 0.143. The van der Waals surface area contributed by atoms with Crippen LogP contribution >= 0.6 is 0 Å². The van der Waals surface area contributed by atoms with Gasteiger partial charge in [-0.05, 0) is 36.6 Å². The van der Waals surface area contributed by atoms with Gasteiger partial charge in [0.15, 0.2) is 0 Å². The summed E-state index contributed by atoms with van der Waals surface area (Å²) in [6.07, 6.45) is 7.82. The molecule has 25 heavy (non-hydrogen) atoms. The average molecular weight is 336 g/mol. The Morgan fingerprint density at radius 2 is 2.20 bits per heavy atom. The van der Waals surface area contributed by atoms with E-state index in [-0.39, 0.29) is 5.91 Å². The maximum absolute atomic E-state index is 12.3. The fourth-order valence-electron chi connectivity index (χ4n) is 2.48. The van der Waals surface area contributed by atoms with Crippen molar-refractivity contribution in [3.05, 3.63) is 59.8 Å². The van der Waals surface area contributed by atoms with Crippen LogP contribution in [0.25, 0.3) is 11.3 Å². The number of aryl methyl sites for hydroxylation is 1. The summed E-state index contributed by atoms with van der Waals surface area (Å²) in [6, 6.07) is 5.68. The van der Waals surface area contributed by atoms with Crippen LogP contribution in [0.4, 0.5) is 5.95 Å². The highest BCUT2D eigenvalue weighted by Crippen LogP contribution is 2.22. The molecule has 3 rings (SSSR count). The van der Waals surface area contributed by atoms with Crippen LogP contribution in [-0.4, -0.2) is 39.4 Å². The topological polar surface area (TPSA) is 95.6 Å². The molecule has 0 atom stereocenters. The molecule has 0 spiro atoms. The Bertz CT molecular complexity index is 859. The molecule has 1 amide bonds. The minimum atomic E-state index is -0.143. The molecule has 0 radical (unpaired) electrons. The van der Waals surface area contributed by atoms with E-state index in [0.29, 0.717) is 18.2 Å². The highest BCUT2D eigenvalue weighted by atomic mass is 16.1. The summed E-state index contributed by atoms with van der Waals surface area (Å²) in [6.45, 7) is 2.49. The summed E-state index contributed by atoms with van der Waals surface area (Å²) in [7, 11) is 1.77. The van der Waals surface area contributed by atoms with Crippen molar-refractivity contribution in [3.63, 3.8) is 0 Å². The van der Waals surface area contributed by atoms with Crippen molar-refractivity contribution in [2.75, 3.05) is 18.9 Å². The number of amides is 1. The van der Waals surface area contributed by atoms with Crippen molar-refractivity contribution >= 4 is 11.9 Å². The van der Waals surface area contributed by atoms with Crippen LogP contribution in [0, 0.1) is 6.92 Å². The fraction of sp³-hybridized carbons (Fsp3) is 0.222. The molecule has 0 aromatic carbocycles. The van der Waals surface area contributed by atoms with Gasteiger partial charge in [-0.15, -0.1) is 0 Å². The molecule has 7 nitrogen and oxygen atoms in total. The molecule has 0 aliphatic heterocycles. The standard InChI is InChI=1S/C18H20N6O/c1-12-9-23-18(19-2)24-16(12)14-8-15(22-11-14)17(25)21-7-5-13-4-3-6-20-10-13/h3-4,6,8-11,22H,5,7H2,1-2H3,(H,21,25)(H,19,23,24). The first-order valence-corrected chi connectivity index (χ1v) is 8.04. The summed E-state index contributed by atoms with van der Waals surface area (Å²) in [4.78, 5) is 28.0. The van der Waals surface area contributed by atoms with E-state index >= 15 is 0 Å². The van der Waals surface area contributed by atoms with Gasteiger partial charge in [0.1, 0.15) is 5.69 Å². The molecule has 3 heterocycles. The summed E-state index contributed by atoms with van der Waals surface area (Å²) >= 11 is 0. The molecule has 0 aliphatic rings. The van der Waals surface area contributed by atoms with E-state index in [1.54, 1.807) is 37.9 Å². The lowest BCUT2D eigenvalue weighted by Gasteiger charge is -2.05. The molecule has 0 fully saturated rings. The van der Waals surface area contributed by atoms with Gasteiger partial charge in [0.2, 0.25) is 5.95 Å². The molecule has 3 N–H and O–H groups in total. The maximum Gasteiger partial charge on any atom is 0.267 e. The van der Waals surface area contributed by atoms with E-state index in [1.807, 2.05) is 19.1 Å². The van der Waals surface area contributed by atoms with Crippen LogP contribution in [-0.2, 0) is 6.42 Å². The average Bonchev–Trinajstić information content (AvgIpc) is 3.13. The second kappa shape index (κ2) is 7.57. The number of nitrogens with one attached hydrogen (secondary N) is 3. The monoisotopic (exact) mass is 336 g/mol. The SMILES string of the molecule is CNc1ncc(C)c(-c2c[nH]c(C(=O)NCCc3cccnc3)c2)n1. The van der Waals surface area contributed by atoms with Gasteiger partial charge in [0.25, 0.3) is 5.91 Å². The zero-order valence-corrected chi connectivity index (χ0v) is 14.2. The van der Waals surface area contributed by atoms with Gasteiger partial charge in [-0.3, -0.25) is 9.78 Å². The Morgan fingerprint density at radius 1 is 1.32 bits per heavy atom. The Morgan fingerprint density at radius 3 is 2.96 bits per heavy atom. The van der Waals surface area contributed by atoms with Crippen molar-refractivity contribution in [3.8, 4) is 11.3 Å². The molecule has 128 valence electrons. The zero-order valence-electron chi connectivity index (χ0n) is 14.2. The van der Waals surface area contributed by atoms with Crippen LogP contribution in [0.2, 0.25) is 0 Å². The van der Waals surface area contributed by atoms with E-state index in [2.05, 4.69) is 30.6 Å². The molecule has 0 saturated carbocycles. The molecule has 3 aromatic heterocycles. The first kappa shape index (κ1) is 16.6. The number of aromatic amines is 1. The number of rotatable bonds is 6. The van der Waals surface area contributed by atoms with Crippen LogP contribution in [0.1, 0.15) is 21.6 Å². The minimum Gasteiger partial charge on any atom is -0.357 e. The number of hydrogen-bond donors (Lipinski definition) is 3. The molecule has 3 aromatic rings. The lowest BCUT2D eigenvalue weighted by atomic mass is 10.1. The van der Waals surface area contributed by atoms with E-state index in [9.17, 15) is 4.79 Å². The second-order valence-electron chi connectivity index (χ2n) is 5.64. The van der Waals surface area contributed by atoms with Crippen molar-refractivity contribution in [2.24, 2.45) is 0 Å². The van der Waals surface area contributed by atoms with Gasteiger partial charge >= 0.3 is 0 Å². The Kier molecular flexibility index (Phi) is 5.03. The number of anilines is 1. The van der Waals surface area contributed by atoms with Gasteiger partial charge < -0.3 is 15.6 Å². The Labute approximate surface area is 145 Å². The number of hydrogen-bond acceptors (Lipinski definition) is 5. The molecule has 7 heteroatoms. The first-order valence-electron chi connectivity index (χ1n) is 8.04. The van der Waals surface area contributed by atoms with Crippen molar-refractivity contribution in [1.29, 1.82) is 0 Å². The largest absolute Gasteiger partial charge is 0.357 e. The van der Waals surface area contributed by atoms with E-state index in [0.717, 1.165) is 28.8 Å². The predicted molar refractivity (Wildman–Crippen MR) is 96.4 cm³/mol. The maximum atomic E-state index is 12.3. The van der Waals surface area contributed by atoms with Gasteiger partial charge in [0.05, 0.1) is 5.69 Å². The van der Waals surface area contributed by atoms with E-state index < -0.39 is 0 Å². The molecule has 0 bridgehead atoms. The number of nitrogens with zero attached hydrogens (tertiary/aromatic N) is 3. The molecular formula is C18H20N6O. The van der Waals surface area contributed by atoms with Crippen molar-refractivity contribution in [1.82, 2.24) is 25.3 Å². The Hall–Kier alpha value is -3.22. The van der Waals surface area contributed by atoms with Crippen molar-refractivity contribution < 1.29 is 4.79 Å². The molecular weight excluding hydrogens is 316 g/mol. The second-order valence-corrected chi connectivity index (χ2v) is 5.64. The van der Waals surface area contributed by atoms with Gasteiger partial charge in [0, 0.05) is 43.9 Å². The number of aromatic nitrogens is 4. The van der Waals surface area contributed by atoms with Gasteiger partial charge in [-0.25, -0.2) is 9.97 Å². The summed E-state index contributed by atoms with van der Waals surface area (Å²) < 4.78 is 0. The van der Waals surface area contributed by atoms with Gasteiger partial charge in [-0.2, -0.15) is 0 Å². The summed E-state index contributed by atoms with van der Waals surface area (Å²) in [5, 5.41) is 5.83. The number of pyridine rings is 1. The summed E-state index contributed by atoms with van der Waals surface area (Å²) in [5.41, 5.74) is 4.19. The quantitative estimate of drug-likeness (QED) is 0.641. The van der Waals surface area contributed by atoms with E-state index in [4.69, 9.17) is 0 Å². The van der Waals surface area contributed by atoms with Crippen LogP contribution in [0.3, 0.4) is 0 Å². The lowest BCUT2D eigenvalue weighted by Crippen LogP contribution is -2.25. The smallest absolute Gasteiger partial charge is 0.267 e. The first-order chi connectivity index (χ1) is 12.2. The van der Waals surface area contributed by atoms with Crippen LogP contribution in [0.5, 0.6) is 0 Å². The lowest BCUT2D eigenvalue weighted by molar-refractivity contribution is 0.0950. The third kappa shape index (κ3) is 4.00. The molecule has 0 saturated heterocycles. The normalized spacial score (nSPS) is 10.5. The van der Waals surface area contributed by atoms with E-state index in [1.165, 1.54) is 0 Å². The predicted octanol–water partition coefficient (Wildman–Crippen LogP) is 2.19. The van der Waals surface area contributed by atoms with Crippen LogP contribution in [0.15, 0.2) is 43.0 Å². The van der Waals surface area contributed by atoms with Crippen molar-refractivity contribution in [2.45, 2.75) is 13.3 Å². The highest BCUT2D eigenvalue weighted by molar-refractivity contribution is 5.93. The number of carbonyl (C=O) groups is 1. The molecule has 0 unspecified atom stereocenters. The zero-order chi connectivity index (χ0) is 17.6. The fourth-order valence-corrected chi connectivity index (χ4v) is 2.48. The Balaban J connectivity index is 1.65.